The van der Waals surface area contributed by atoms with Crippen LogP contribution in [0.3, 0.4) is 0 Å². The Balaban J connectivity index is 2.09. The molecule has 19 heavy (non-hydrogen) atoms. The highest BCUT2D eigenvalue weighted by Crippen LogP contribution is 2.24. The number of nitrogens with two attached hydrogens (primary N) is 1. The number of hydrogen-bond acceptors (Lipinski definition) is 3. The summed E-state index contributed by atoms with van der Waals surface area (Å²) in [6, 6.07) is 0. The summed E-state index contributed by atoms with van der Waals surface area (Å²) in [5.41, 5.74) is 4.65. The zero-order chi connectivity index (χ0) is 14.3. The second kappa shape index (κ2) is 7.85. The van der Waals surface area contributed by atoms with Crippen molar-refractivity contribution >= 4 is 5.97 Å². The van der Waals surface area contributed by atoms with Crippen molar-refractivity contribution in [1.82, 2.24) is 4.90 Å². The van der Waals surface area contributed by atoms with Gasteiger partial charge in [0.1, 0.15) is 5.54 Å². The molecule has 1 aliphatic rings. The van der Waals surface area contributed by atoms with Crippen LogP contribution in [0.2, 0.25) is 0 Å². The number of hydrogen-bond donors (Lipinski definition) is 2. The lowest BCUT2D eigenvalue weighted by Gasteiger charge is -2.27. The molecule has 3 N–H and O–H groups in total. The Bertz CT molecular complexity index is 273. The molecular formula is C15H30N2O2. The van der Waals surface area contributed by atoms with Crippen LogP contribution in [-0.4, -0.2) is 41.7 Å². The van der Waals surface area contributed by atoms with Gasteiger partial charge < -0.3 is 15.7 Å². The van der Waals surface area contributed by atoms with Gasteiger partial charge in [0.05, 0.1) is 0 Å². The van der Waals surface area contributed by atoms with Crippen molar-refractivity contribution in [2.75, 3.05) is 20.1 Å². The number of rotatable bonds is 8. The maximum atomic E-state index is 10.9. The van der Waals surface area contributed by atoms with Crippen molar-refractivity contribution in [1.29, 1.82) is 0 Å². The van der Waals surface area contributed by atoms with Gasteiger partial charge in [0.2, 0.25) is 0 Å². The zero-order valence-corrected chi connectivity index (χ0v) is 12.5. The minimum atomic E-state index is -1.07. The predicted octanol–water partition coefficient (Wildman–Crippen LogP) is 2.47. The second-order valence-electron chi connectivity index (χ2n) is 6.45. The molecule has 0 aromatic carbocycles. The molecule has 1 rings (SSSR count). The molecule has 4 heteroatoms. The topological polar surface area (TPSA) is 66.6 Å². The van der Waals surface area contributed by atoms with Crippen molar-refractivity contribution in [2.24, 2.45) is 11.7 Å². The van der Waals surface area contributed by atoms with Gasteiger partial charge in [-0.05, 0) is 58.5 Å². The SMILES string of the molecule is CN(CCCCC(C)(N)C(=O)O)CC1CCCCC1. The highest BCUT2D eigenvalue weighted by atomic mass is 16.4. The minimum Gasteiger partial charge on any atom is -0.480 e. The lowest BCUT2D eigenvalue weighted by atomic mass is 9.89. The predicted molar refractivity (Wildman–Crippen MR) is 78.2 cm³/mol. The first-order valence-corrected chi connectivity index (χ1v) is 7.62. The van der Waals surface area contributed by atoms with E-state index in [4.69, 9.17) is 10.8 Å². The number of carboxylic acid groups (broad SMARTS) is 1. The molecule has 1 unspecified atom stereocenters. The van der Waals surface area contributed by atoms with E-state index in [0.29, 0.717) is 6.42 Å². The monoisotopic (exact) mass is 270 g/mol. The molecule has 1 aliphatic carbocycles. The van der Waals surface area contributed by atoms with Gasteiger partial charge in [-0.1, -0.05) is 19.3 Å². The van der Waals surface area contributed by atoms with Crippen molar-refractivity contribution in [3.63, 3.8) is 0 Å². The largest absolute Gasteiger partial charge is 0.480 e. The number of aliphatic carboxylic acids is 1. The molecule has 0 aromatic rings. The summed E-state index contributed by atoms with van der Waals surface area (Å²) >= 11 is 0. The molecule has 1 atom stereocenters. The molecular weight excluding hydrogens is 240 g/mol. The molecule has 1 saturated carbocycles. The number of carbonyl (C=O) groups is 1. The van der Waals surface area contributed by atoms with E-state index in [9.17, 15) is 4.79 Å². The Kier molecular flexibility index (Phi) is 6.80. The van der Waals surface area contributed by atoms with Crippen molar-refractivity contribution in [3.05, 3.63) is 0 Å². The van der Waals surface area contributed by atoms with Crippen molar-refractivity contribution in [2.45, 2.75) is 63.8 Å². The third kappa shape index (κ3) is 6.39. The molecule has 0 spiro atoms. The van der Waals surface area contributed by atoms with Gasteiger partial charge in [-0.25, -0.2) is 0 Å². The van der Waals surface area contributed by atoms with Gasteiger partial charge in [-0.2, -0.15) is 0 Å². The Morgan fingerprint density at radius 3 is 2.53 bits per heavy atom. The summed E-state index contributed by atoms with van der Waals surface area (Å²) in [6.45, 7) is 3.84. The van der Waals surface area contributed by atoms with E-state index < -0.39 is 11.5 Å². The van der Waals surface area contributed by atoms with Crippen LogP contribution in [0.25, 0.3) is 0 Å². The van der Waals surface area contributed by atoms with Crippen molar-refractivity contribution < 1.29 is 9.90 Å². The second-order valence-corrected chi connectivity index (χ2v) is 6.45. The maximum Gasteiger partial charge on any atom is 0.323 e. The smallest absolute Gasteiger partial charge is 0.323 e. The van der Waals surface area contributed by atoms with Crippen LogP contribution in [0.15, 0.2) is 0 Å². The molecule has 0 aromatic heterocycles. The number of nitrogens with zero attached hydrogens (tertiary/aromatic N) is 1. The average Bonchev–Trinajstić information content (AvgIpc) is 2.36. The van der Waals surface area contributed by atoms with Crippen LogP contribution in [0.5, 0.6) is 0 Å². The lowest BCUT2D eigenvalue weighted by molar-refractivity contribution is -0.142. The van der Waals surface area contributed by atoms with E-state index in [-0.39, 0.29) is 0 Å². The number of unbranched alkanes of at least 4 members (excludes halogenated alkanes) is 1. The molecule has 0 amide bonds. The van der Waals surface area contributed by atoms with Gasteiger partial charge in [-0.3, -0.25) is 4.79 Å². The van der Waals surface area contributed by atoms with E-state index in [2.05, 4.69) is 11.9 Å². The quantitative estimate of drug-likeness (QED) is 0.665. The first-order valence-electron chi connectivity index (χ1n) is 7.62. The third-order valence-electron chi connectivity index (χ3n) is 4.27. The van der Waals surface area contributed by atoms with E-state index in [1.54, 1.807) is 6.92 Å². The fourth-order valence-electron chi connectivity index (χ4n) is 2.88. The van der Waals surface area contributed by atoms with Gasteiger partial charge in [-0.15, -0.1) is 0 Å². The Hall–Kier alpha value is -0.610. The molecule has 1 fully saturated rings. The first kappa shape index (κ1) is 16.4. The number of carboxylic acids is 1. The van der Waals surface area contributed by atoms with Crippen LogP contribution in [-0.2, 0) is 4.79 Å². The van der Waals surface area contributed by atoms with Gasteiger partial charge in [0, 0.05) is 6.54 Å². The average molecular weight is 270 g/mol. The Morgan fingerprint density at radius 1 is 1.32 bits per heavy atom. The summed E-state index contributed by atoms with van der Waals surface area (Å²) in [4.78, 5) is 13.3. The van der Waals surface area contributed by atoms with E-state index in [1.165, 1.54) is 38.6 Å². The van der Waals surface area contributed by atoms with E-state index in [1.807, 2.05) is 0 Å². The first-order chi connectivity index (χ1) is 8.92. The zero-order valence-electron chi connectivity index (χ0n) is 12.5. The summed E-state index contributed by atoms with van der Waals surface area (Å²) < 4.78 is 0. The highest BCUT2D eigenvalue weighted by Gasteiger charge is 2.26. The molecule has 0 saturated heterocycles. The van der Waals surface area contributed by atoms with Crippen molar-refractivity contribution in [3.8, 4) is 0 Å². The summed E-state index contributed by atoms with van der Waals surface area (Å²) in [7, 11) is 2.17. The van der Waals surface area contributed by atoms with Crippen LogP contribution >= 0.6 is 0 Å². The standard InChI is InChI=1S/C15H30N2O2/c1-15(16,14(18)19)10-6-7-11-17(2)12-13-8-4-3-5-9-13/h13H,3-12,16H2,1-2H3,(H,18,19). The Morgan fingerprint density at radius 2 is 1.95 bits per heavy atom. The van der Waals surface area contributed by atoms with E-state index in [0.717, 1.165) is 25.3 Å². The van der Waals surface area contributed by atoms with Gasteiger partial charge >= 0.3 is 5.97 Å². The van der Waals surface area contributed by atoms with Crippen LogP contribution in [0.1, 0.15) is 58.3 Å². The summed E-state index contributed by atoms with van der Waals surface area (Å²) in [5.74, 6) is -0.0272. The van der Waals surface area contributed by atoms with Crippen LogP contribution in [0, 0.1) is 5.92 Å². The van der Waals surface area contributed by atoms with E-state index >= 15 is 0 Å². The minimum absolute atomic E-state index is 0.555. The molecule has 0 aliphatic heterocycles. The normalized spacial score (nSPS) is 20.4. The van der Waals surface area contributed by atoms with Gasteiger partial charge in [0.15, 0.2) is 0 Å². The Labute approximate surface area is 117 Å². The summed E-state index contributed by atoms with van der Waals surface area (Å²) in [5, 5.41) is 8.93. The maximum absolute atomic E-state index is 10.9. The van der Waals surface area contributed by atoms with Crippen LogP contribution < -0.4 is 5.73 Å². The lowest BCUT2D eigenvalue weighted by Crippen LogP contribution is -2.44. The fraction of sp³-hybridized carbons (Fsp3) is 0.933. The molecule has 0 radical (unpaired) electrons. The highest BCUT2D eigenvalue weighted by molar-refractivity contribution is 5.77. The molecule has 0 bridgehead atoms. The summed E-state index contributed by atoms with van der Waals surface area (Å²) in [6.07, 6.45) is 9.42. The molecule has 112 valence electrons. The molecule has 0 heterocycles. The fourth-order valence-corrected chi connectivity index (χ4v) is 2.88. The molecule has 4 nitrogen and oxygen atoms in total. The van der Waals surface area contributed by atoms with Crippen LogP contribution in [0.4, 0.5) is 0 Å². The van der Waals surface area contributed by atoms with Gasteiger partial charge in [0.25, 0.3) is 0 Å². The third-order valence-corrected chi connectivity index (χ3v) is 4.27.